The Hall–Kier alpha value is -3.92. The SMILES string of the molecule is COc1ccc(C(=O)/C=C/c2ccc(/C=C/C(=O)c3ccc(OC)cc3)cc2)cc1. The van der Waals surface area contributed by atoms with E-state index in [9.17, 15) is 9.59 Å². The summed E-state index contributed by atoms with van der Waals surface area (Å²) < 4.78 is 10.2. The zero-order valence-corrected chi connectivity index (χ0v) is 16.9. The number of methoxy groups -OCH3 is 2. The molecule has 0 radical (unpaired) electrons. The van der Waals surface area contributed by atoms with Crippen LogP contribution in [0.3, 0.4) is 0 Å². The van der Waals surface area contributed by atoms with E-state index in [0.29, 0.717) is 22.6 Å². The van der Waals surface area contributed by atoms with Crippen LogP contribution >= 0.6 is 0 Å². The maximum absolute atomic E-state index is 12.3. The third-order valence-electron chi connectivity index (χ3n) is 4.54. The highest BCUT2D eigenvalue weighted by atomic mass is 16.5. The van der Waals surface area contributed by atoms with Crippen molar-refractivity contribution in [3.8, 4) is 11.5 Å². The van der Waals surface area contributed by atoms with Crippen LogP contribution in [0.25, 0.3) is 12.2 Å². The molecule has 3 aromatic carbocycles. The van der Waals surface area contributed by atoms with Gasteiger partial charge in [-0.2, -0.15) is 0 Å². The van der Waals surface area contributed by atoms with Crippen LogP contribution in [-0.2, 0) is 0 Å². The fourth-order valence-corrected chi connectivity index (χ4v) is 2.77. The normalized spacial score (nSPS) is 11.0. The second-order valence-electron chi connectivity index (χ2n) is 6.52. The van der Waals surface area contributed by atoms with Gasteiger partial charge in [0.25, 0.3) is 0 Å². The van der Waals surface area contributed by atoms with E-state index in [-0.39, 0.29) is 11.6 Å². The summed E-state index contributed by atoms with van der Waals surface area (Å²) in [6, 6.07) is 21.6. The molecule has 3 rings (SSSR count). The predicted molar refractivity (Wildman–Crippen MR) is 119 cm³/mol. The molecule has 0 aromatic heterocycles. The van der Waals surface area contributed by atoms with Gasteiger partial charge >= 0.3 is 0 Å². The summed E-state index contributed by atoms with van der Waals surface area (Å²) in [5.74, 6) is 1.27. The molecular formula is C26H22O4. The molecule has 0 saturated carbocycles. The summed E-state index contributed by atoms with van der Waals surface area (Å²) in [6.07, 6.45) is 6.62. The molecule has 30 heavy (non-hydrogen) atoms. The van der Waals surface area contributed by atoms with Gasteiger partial charge in [-0.1, -0.05) is 36.4 Å². The first-order valence-corrected chi connectivity index (χ1v) is 9.42. The van der Waals surface area contributed by atoms with E-state index in [4.69, 9.17) is 9.47 Å². The van der Waals surface area contributed by atoms with Gasteiger partial charge in [-0.05, 0) is 71.8 Å². The molecule has 0 atom stereocenters. The molecule has 0 aliphatic rings. The van der Waals surface area contributed by atoms with Crippen LogP contribution in [-0.4, -0.2) is 25.8 Å². The largest absolute Gasteiger partial charge is 0.497 e. The van der Waals surface area contributed by atoms with Crippen molar-refractivity contribution in [3.05, 3.63) is 107 Å². The van der Waals surface area contributed by atoms with E-state index in [0.717, 1.165) is 11.1 Å². The van der Waals surface area contributed by atoms with E-state index in [1.807, 2.05) is 24.3 Å². The van der Waals surface area contributed by atoms with Gasteiger partial charge < -0.3 is 9.47 Å². The monoisotopic (exact) mass is 398 g/mol. The highest BCUT2D eigenvalue weighted by molar-refractivity contribution is 6.07. The molecule has 0 spiro atoms. The van der Waals surface area contributed by atoms with Crippen LogP contribution in [0.4, 0.5) is 0 Å². The second-order valence-corrected chi connectivity index (χ2v) is 6.52. The lowest BCUT2D eigenvalue weighted by Crippen LogP contribution is -1.94. The minimum atomic E-state index is -0.0771. The van der Waals surface area contributed by atoms with Crippen molar-refractivity contribution in [1.82, 2.24) is 0 Å². The van der Waals surface area contributed by atoms with Crippen LogP contribution in [0, 0.1) is 0 Å². The Morgan fingerprint density at radius 3 is 1.20 bits per heavy atom. The van der Waals surface area contributed by atoms with Gasteiger partial charge in [-0.3, -0.25) is 9.59 Å². The fourth-order valence-electron chi connectivity index (χ4n) is 2.77. The Morgan fingerprint density at radius 1 is 0.567 bits per heavy atom. The number of hydrogen-bond acceptors (Lipinski definition) is 4. The molecule has 0 bridgehead atoms. The van der Waals surface area contributed by atoms with Gasteiger partial charge in [0.05, 0.1) is 14.2 Å². The average Bonchev–Trinajstić information content (AvgIpc) is 2.81. The Morgan fingerprint density at radius 2 is 0.900 bits per heavy atom. The van der Waals surface area contributed by atoms with Crippen molar-refractivity contribution in [2.24, 2.45) is 0 Å². The van der Waals surface area contributed by atoms with Gasteiger partial charge in [0.15, 0.2) is 11.6 Å². The summed E-state index contributed by atoms with van der Waals surface area (Å²) in [4.78, 5) is 24.5. The molecule has 0 aliphatic heterocycles. The average molecular weight is 398 g/mol. The van der Waals surface area contributed by atoms with Crippen LogP contribution in [0.2, 0.25) is 0 Å². The summed E-state index contributed by atoms with van der Waals surface area (Å²) >= 11 is 0. The summed E-state index contributed by atoms with van der Waals surface area (Å²) in [5.41, 5.74) is 3.00. The molecule has 4 nitrogen and oxygen atoms in total. The third-order valence-corrected chi connectivity index (χ3v) is 4.54. The first-order chi connectivity index (χ1) is 14.6. The molecule has 3 aromatic rings. The highest BCUT2D eigenvalue weighted by Gasteiger charge is 2.03. The van der Waals surface area contributed by atoms with Gasteiger partial charge in [0.1, 0.15) is 11.5 Å². The number of allylic oxidation sites excluding steroid dienone is 2. The molecule has 0 saturated heterocycles. The highest BCUT2D eigenvalue weighted by Crippen LogP contribution is 2.15. The Labute approximate surface area is 176 Å². The number of hydrogen-bond donors (Lipinski definition) is 0. The van der Waals surface area contributed by atoms with Crippen molar-refractivity contribution in [3.63, 3.8) is 0 Å². The van der Waals surface area contributed by atoms with Gasteiger partial charge in [-0.15, -0.1) is 0 Å². The van der Waals surface area contributed by atoms with Crippen molar-refractivity contribution in [2.45, 2.75) is 0 Å². The fraction of sp³-hybridized carbons (Fsp3) is 0.0769. The quantitative estimate of drug-likeness (QED) is 0.372. The lowest BCUT2D eigenvalue weighted by Gasteiger charge is -2.01. The van der Waals surface area contributed by atoms with E-state index in [2.05, 4.69) is 0 Å². The van der Waals surface area contributed by atoms with Crippen molar-refractivity contribution >= 4 is 23.7 Å². The van der Waals surface area contributed by atoms with Gasteiger partial charge in [0.2, 0.25) is 0 Å². The number of ether oxygens (including phenoxy) is 2. The van der Waals surface area contributed by atoms with Gasteiger partial charge in [-0.25, -0.2) is 0 Å². The second kappa shape index (κ2) is 10.0. The number of rotatable bonds is 8. The topological polar surface area (TPSA) is 52.6 Å². The van der Waals surface area contributed by atoms with Crippen LogP contribution in [0.15, 0.2) is 84.9 Å². The van der Waals surface area contributed by atoms with E-state index >= 15 is 0 Å². The molecule has 0 unspecified atom stereocenters. The molecule has 0 aliphatic carbocycles. The standard InChI is InChI=1S/C26H22O4/c1-29-23-13-9-21(10-14-23)25(27)17-7-19-3-5-20(6-4-19)8-18-26(28)22-11-15-24(30-2)16-12-22/h3-18H,1-2H3/b17-7+,18-8+. The van der Waals surface area contributed by atoms with Gasteiger partial charge in [0, 0.05) is 11.1 Å². The number of ketones is 2. The van der Waals surface area contributed by atoms with E-state index in [1.165, 1.54) is 0 Å². The Kier molecular flexibility index (Phi) is 6.95. The summed E-state index contributed by atoms with van der Waals surface area (Å²) in [5, 5.41) is 0. The minimum Gasteiger partial charge on any atom is -0.497 e. The first kappa shape index (κ1) is 20.8. The Balaban J connectivity index is 1.60. The third kappa shape index (κ3) is 5.55. The molecule has 150 valence electrons. The lowest BCUT2D eigenvalue weighted by molar-refractivity contribution is 0.103. The zero-order valence-electron chi connectivity index (χ0n) is 16.9. The van der Waals surface area contributed by atoms with Crippen LogP contribution < -0.4 is 9.47 Å². The maximum atomic E-state index is 12.3. The van der Waals surface area contributed by atoms with Crippen molar-refractivity contribution in [1.29, 1.82) is 0 Å². The van der Waals surface area contributed by atoms with Crippen LogP contribution in [0.5, 0.6) is 11.5 Å². The summed E-state index contributed by atoms with van der Waals surface area (Å²) in [7, 11) is 3.18. The molecule has 4 heteroatoms. The molecule has 0 heterocycles. The lowest BCUT2D eigenvalue weighted by atomic mass is 10.1. The first-order valence-electron chi connectivity index (χ1n) is 9.42. The number of carbonyl (C=O) groups is 2. The van der Waals surface area contributed by atoms with Crippen molar-refractivity contribution in [2.75, 3.05) is 14.2 Å². The summed E-state index contributed by atoms with van der Waals surface area (Å²) in [6.45, 7) is 0. The molecule has 0 fully saturated rings. The maximum Gasteiger partial charge on any atom is 0.185 e. The molecule has 0 amide bonds. The zero-order chi connectivity index (χ0) is 21.3. The Bertz CT molecular complexity index is 969. The number of carbonyl (C=O) groups excluding carboxylic acids is 2. The van der Waals surface area contributed by atoms with E-state index in [1.54, 1.807) is 87.1 Å². The predicted octanol–water partition coefficient (Wildman–Crippen LogP) is 5.50. The molecular weight excluding hydrogens is 376 g/mol. The number of benzene rings is 3. The van der Waals surface area contributed by atoms with Crippen molar-refractivity contribution < 1.29 is 19.1 Å². The van der Waals surface area contributed by atoms with E-state index < -0.39 is 0 Å². The smallest absolute Gasteiger partial charge is 0.185 e. The molecule has 0 N–H and O–H groups in total. The minimum absolute atomic E-state index is 0.0771. The van der Waals surface area contributed by atoms with Crippen LogP contribution in [0.1, 0.15) is 31.8 Å².